The summed E-state index contributed by atoms with van der Waals surface area (Å²) in [5.41, 5.74) is -0.330. The van der Waals surface area contributed by atoms with Gasteiger partial charge in [0, 0.05) is 13.1 Å². The SMILES string of the molecule is O=C(Nc1ccccc1C(=O)O)c1cc(S(=O)(=O)N2CCCC2)ccc1O. The first-order valence-electron chi connectivity index (χ1n) is 8.27. The van der Waals surface area contributed by atoms with Crippen molar-refractivity contribution in [3.8, 4) is 5.75 Å². The maximum atomic E-state index is 12.7. The first-order valence-corrected chi connectivity index (χ1v) is 9.71. The van der Waals surface area contributed by atoms with Gasteiger partial charge in [-0.1, -0.05) is 12.1 Å². The maximum Gasteiger partial charge on any atom is 0.337 e. The minimum absolute atomic E-state index is 0.0437. The molecule has 3 rings (SSSR count). The summed E-state index contributed by atoms with van der Waals surface area (Å²) in [5.74, 6) is -2.43. The van der Waals surface area contributed by atoms with Gasteiger partial charge < -0.3 is 15.5 Å². The minimum atomic E-state index is -3.76. The third kappa shape index (κ3) is 3.79. The van der Waals surface area contributed by atoms with Crippen molar-refractivity contribution in [2.45, 2.75) is 17.7 Å². The molecule has 0 radical (unpaired) electrons. The molecule has 8 nitrogen and oxygen atoms in total. The van der Waals surface area contributed by atoms with Crippen molar-refractivity contribution in [3.05, 3.63) is 53.6 Å². The summed E-state index contributed by atoms with van der Waals surface area (Å²) < 4.78 is 26.6. The lowest BCUT2D eigenvalue weighted by Gasteiger charge is -2.16. The highest BCUT2D eigenvalue weighted by Crippen LogP contribution is 2.27. The van der Waals surface area contributed by atoms with E-state index in [1.807, 2.05) is 0 Å². The molecule has 0 unspecified atom stereocenters. The second kappa shape index (κ2) is 7.37. The Morgan fingerprint density at radius 2 is 1.67 bits per heavy atom. The number of phenols is 1. The molecule has 0 aliphatic carbocycles. The molecular formula is C18H18N2O6S. The third-order valence-corrected chi connectivity index (χ3v) is 6.22. The Kier molecular flexibility index (Phi) is 5.15. The van der Waals surface area contributed by atoms with E-state index in [0.717, 1.165) is 25.0 Å². The fourth-order valence-electron chi connectivity index (χ4n) is 2.90. The first-order chi connectivity index (χ1) is 12.8. The summed E-state index contributed by atoms with van der Waals surface area (Å²) in [5, 5.41) is 21.6. The number of anilines is 1. The van der Waals surface area contributed by atoms with E-state index >= 15 is 0 Å². The molecule has 1 aliphatic heterocycles. The van der Waals surface area contributed by atoms with Crippen LogP contribution in [0.1, 0.15) is 33.6 Å². The maximum absolute atomic E-state index is 12.7. The van der Waals surface area contributed by atoms with Crippen molar-refractivity contribution >= 4 is 27.6 Å². The monoisotopic (exact) mass is 390 g/mol. The predicted octanol–water partition coefficient (Wildman–Crippen LogP) is 2.13. The van der Waals surface area contributed by atoms with E-state index in [9.17, 15) is 28.2 Å². The van der Waals surface area contributed by atoms with Gasteiger partial charge in [0.1, 0.15) is 5.75 Å². The van der Waals surface area contributed by atoms with Crippen LogP contribution in [0.25, 0.3) is 0 Å². The zero-order chi connectivity index (χ0) is 19.6. The number of phenolic OH excluding ortho intramolecular Hbond substituents is 1. The Balaban J connectivity index is 1.93. The summed E-state index contributed by atoms with van der Waals surface area (Å²) in [7, 11) is -3.76. The van der Waals surface area contributed by atoms with Crippen LogP contribution in [0.3, 0.4) is 0 Å². The van der Waals surface area contributed by atoms with Gasteiger partial charge >= 0.3 is 5.97 Å². The van der Waals surface area contributed by atoms with Gasteiger partial charge in [0.05, 0.1) is 21.7 Å². The molecule has 0 bridgehead atoms. The number of nitrogens with zero attached hydrogens (tertiary/aromatic N) is 1. The van der Waals surface area contributed by atoms with Crippen molar-refractivity contribution in [2.75, 3.05) is 18.4 Å². The lowest BCUT2D eigenvalue weighted by molar-refractivity contribution is 0.0698. The fourth-order valence-corrected chi connectivity index (χ4v) is 4.45. The number of nitrogens with one attached hydrogen (secondary N) is 1. The lowest BCUT2D eigenvalue weighted by atomic mass is 10.1. The molecule has 1 aliphatic rings. The number of rotatable bonds is 5. The normalized spacial score (nSPS) is 14.8. The van der Waals surface area contributed by atoms with Crippen molar-refractivity contribution in [2.24, 2.45) is 0 Å². The Morgan fingerprint density at radius 1 is 1.00 bits per heavy atom. The molecule has 2 aromatic carbocycles. The Morgan fingerprint density at radius 3 is 2.33 bits per heavy atom. The zero-order valence-corrected chi connectivity index (χ0v) is 15.1. The van der Waals surface area contributed by atoms with Gasteiger partial charge in [-0.3, -0.25) is 4.79 Å². The van der Waals surface area contributed by atoms with Crippen molar-refractivity contribution in [3.63, 3.8) is 0 Å². The van der Waals surface area contributed by atoms with Gasteiger partial charge in [0.15, 0.2) is 0 Å². The van der Waals surface area contributed by atoms with E-state index in [4.69, 9.17) is 0 Å². The molecule has 0 spiro atoms. The summed E-state index contributed by atoms with van der Waals surface area (Å²) >= 11 is 0. The molecule has 1 saturated heterocycles. The molecule has 142 valence electrons. The number of hydrogen-bond donors (Lipinski definition) is 3. The number of sulfonamides is 1. The smallest absolute Gasteiger partial charge is 0.337 e. The molecule has 1 heterocycles. The highest BCUT2D eigenvalue weighted by Gasteiger charge is 2.28. The number of carbonyl (C=O) groups is 2. The Labute approximate surface area is 156 Å². The van der Waals surface area contributed by atoms with E-state index in [2.05, 4.69) is 5.32 Å². The van der Waals surface area contributed by atoms with Crippen LogP contribution in [0.5, 0.6) is 5.75 Å². The van der Waals surface area contributed by atoms with Crippen molar-refractivity contribution < 1.29 is 28.2 Å². The Bertz CT molecular complexity index is 997. The summed E-state index contributed by atoms with van der Waals surface area (Å²) in [6.45, 7) is 0.827. The molecule has 1 amide bonds. The first kappa shape index (κ1) is 18.9. The van der Waals surface area contributed by atoms with Crippen LogP contribution in [0.4, 0.5) is 5.69 Å². The summed E-state index contributed by atoms with van der Waals surface area (Å²) in [6.07, 6.45) is 1.55. The molecule has 1 fully saturated rings. The number of carboxylic acid groups (broad SMARTS) is 1. The van der Waals surface area contributed by atoms with Gasteiger partial charge in [-0.2, -0.15) is 4.31 Å². The highest BCUT2D eigenvalue weighted by atomic mass is 32.2. The van der Waals surface area contributed by atoms with E-state index in [-0.39, 0.29) is 21.7 Å². The highest BCUT2D eigenvalue weighted by molar-refractivity contribution is 7.89. The molecule has 9 heteroatoms. The van der Waals surface area contributed by atoms with Crippen LogP contribution < -0.4 is 5.32 Å². The molecule has 2 aromatic rings. The van der Waals surface area contributed by atoms with Crippen molar-refractivity contribution in [1.82, 2.24) is 4.31 Å². The number of benzene rings is 2. The van der Waals surface area contributed by atoms with Gasteiger partial charge in [-0.25, -0.2) is 13.2 Å². The number of carbonyl (C=O) groups excluding carboxylic acids is 1. The average molecular weight is 390 g/mol. The fraction of sp³-hybridized carbons (Fsp3) is 0.222. The van der Waals surface area contributed by atoms with Gasteiger partial charge in [0.2, 0.25) is 10.0 Å². The van der Waals surface area contributed by atoms with E-state index < -0.39 is 27.6 Å². The molecular weight excluding hydrogens is 372 g/mol. The molecule has 0 saturated carbocycles. The number of aromatic hydroxyl groups is 1. The number of carboxylic acids is 1. The second-order valence-corrected chi connectivity index (χ2v) is 8.03. The predicted molar refractivity (Wildman–Crippen MR) is 97.5 cm³/mol. The van der Waals surface area contributed by atoms with Crippen LogP contribution >= 0.6 is 0 Å². The van der Waals surface area contributed by atoms with Crippen molar-refractivity contribution in [1.29, 1.82) is 0 Å². The van der Waals surface area contributed by atoms with E-state index in [1.165, 1.54) is 28.6 Å². The number of hydrogen-bond acceptors (Lipinski definition) is 5. The quantitative estimate of drug-likeness (QED) is 0.718. The van der Waals surface area contributed by atoms with Crippen LogP contribution in [-0.4, -0.2) is 47.9 Å². The molecule has 3 N–H and O–H groups in total. The van der Waals surface area contributed by atoms with Gasteiger partial charge in [0.25, 0.3) is 5.91 Å². The van der Waals surface area contributed by atoms with Crippen LogP contribution in [0.2, 0.25) is 0 Å². The summed E-state index contributed by atoms with van der Waals surface area (Å²) in [4.78, 5) is 23.7. The van der Waals surface area contributed by atoms with Crippen LogP contribution in [-0.2, 0) is 10.0 Å². The van der Waals surface area contributed by atoms with Crippen LogP contribution in [0, 0.1) is 0 Å². The molecule has 0 atom stereocenters. The van der Waals surface area contributed by atoms with E-state index in [1.54, 1.807) is 6.07 Å². The number of amides is 1. The minimum Gasteiger partial charge on any atom is -0.507 e. The second-order valence-electron chi connectivity index (χ2n) is 6.10. The van der Waals surface area contributed by atoms with E-state index in [0.29, 0.717) is 13.1 Å². The average Bonchev–Trinajstić information content (AvgIpc) is 3.17. The molecule has 27 heavy (non-hydrogen) atoms. The number of para-hydroxylation sites is 1. The number of aromatic carboxylic acids is 1. The molecule has 0 aromatic heterocycles. The van der Waals surface area contributed by atoms with Gasteiger partial charge in [-0.15, -0.1) is 0 Å². The standard InChI is InChI=1S/C18H18N2O6S/c21-16-8-7-12(27(25,26)20-9-3-4-10-20)11-14(16)17(22)19-15-6-2-1-5-13(15)18(23)24/h1-2,5-8,11,21H,3-4,9-10H2,(H,19,22)(H,23,24). The topological polar surface area (TPSA) is 124 Å². The Hall–Kier alpha value is -2.91. The largest absolute Gasteiger partial charge is 0.507 e. The lowest BCUT2D eigenvalue weighted by Crippen LogP contribution is -2.28. The van der Waals surface area contributed by atoms with Crippen LogP contribution in [0.15, 0.2) is 47.4 Å². The third-order valence-electron chi connectivity index (χ3n) is 4.32. The van der Waals surface area contributed by atoms with Gasteiger partial charge in [-0.05, 0) is 43.2 Å². The zero-order valence-electron chi connectivity index (χ0n) is 14.3. The summed E-state index contributed by atoms with van der Waals surface area (Å²) in [6, 6.07) is 9.28.